The zero-order valence-electron chi connectivity index (χ0n) is 8.43. The quantitative estimate of drug-likeness (QED) is 0.896. The monoisotopic (exact) mass is 275 g/mol. The molecule has 2 N–H and O–H groups in total. The van der Waals surface area contributed by atoms with Gasteiger partial charge in [-0.25, -0.2) is 0 Å². The molecular weight excluding hydrogens is 261 g/mol. The summed E-state index contributed by atoms with van der Waals surface area (Å²) in [6.07, 6.45) is 0.957. The van der Waals surface area contributed by atoms with Gasteiger partial charge in [0.15, 0.2) is 0 Å². The molecule has 0 amide bonds. The van der Waals surface area contributed by atoms with Gasteiger partial charge in [0.25, 0.3) is 0 Å². The summed E-state index contributed by atoms with van der Waals surface area (Å²) in [5.41, 5.74) is 7.05. The third-order valence-electron chi connectivity index (χ3n) is 2.45. The molecule has 78 valence electrons. The van der Waals surface area contributed by atoms with Crippen LogP contribution in [0.4, 0.5) is 0 Å². The van der Waals surface area contributed by atoms with E-state index in [4.69, 9.17) is 17.3 Å². The van der Waals surface area contributed by atoms with Crippen LogP contribution in [0.5, 0.6) is 0 Å². The molecule has 0 aliphatic carbocycles. The van der Waals surface area contributed by atoms with Crippen LogP contribution in [0.1, 0.15) is 19.4 Å². The first-order valence-electron chi connectivity index (χ1n) is 4.70. The summed E-state index contributed by atoms with van der Waals surface area (Å²) in [5.74, 6) is 0.463. The molecule has 1 aromatic carbocycles. The van der Waals surface area contributed by atoms with Crippen molar-refractivity contribution >= 4 is 27.5 Å². The van der Waals surface area contributed by atoms with Crippen molar-refractivity contribution in [2.24, 2.45) is 11.7 Å². The predicted molar refractivity (Wildman–Crippen MR) is 65.7 cm³/mol. The molecule has 0 bridgehead atoms. The molecule has 0 spiro atoms. The lowest BCUT2D eigenvalue weighted by Crippen LogP contribution is -2.25. The number of nitrogens with two attached hydrogens (primary N) is 1. The van der Waals surface area contributed by atoms with Crippen LogP contribution < -0.4 is 5.73 Å². The van der Waals surface area contributed by atoms with Crippen LogP contribution in [-0.4, -0.2) is 6.04 Å². The number of halogens is 2. The van der Waals surface area contributed by atoms with Gasteiger partial charge >= 0.3 is 0 Å². The average Bonchev–Trinajstić information content (AvgIpc) is 2.11. The molecule has 0 fully saturated rings. The van der Waals surface area contributed by atoms with Crippen molar-refractivity contribution in [1.29, 1.82) is 0 Å². The molecule has 0 heterocycles. The first kappa shape index (κ1) is 12.0. The van der Waals surface area contributed by atoms with Crippen molar-refractivity contribution in [3.05, 3.63) is 33.3 Å². The van der Waals surface area contributed by atoms with Crippen molar-refractivity contribution in [2.45, 2.75) is 26.3 Å². The topological polar surface area (TPSA) is 26.0 Å². The summed E-state index contributed by atoms with van der Waals surface area (Å²) in [6, 6.07) is 6.06. The Morgan fingerprint density at radius 1 is 1.43 bits per heavy atom. The maximum atomic E-state index is 5.93. The van der Waals surface area contributed by atoms with E-state index in [9.17, 15) is 0 Å². The lowest BCUT2D eigenvalue weighted by molar-refractivity contribution is 0.481. The second kappa shape index (κ2) is 5.15. The Morgan fingerprint density at radius 3 is 2.64 bits per heavy atom. The highest BCUT2D eigenvalue weighted by atomic mass is 79.9. The van der Waals surface area contributed by atoms with E-state index in [1.807, 2.05) is 25.1 Å². The molecule has 2 atom stereocenters. The van der Waals surface area contributed by atoms with Gasteiger partial charge in [0.1, 0.15) is 0 Å². The molecule has 0 aliphatic heterocycles. The third-order valence-corrected chi connectivity index (χ3v) is 3.46. The highest BCUT2D eigenvalue weighted by Gasteiger charge is 2.10. The number of benzene rings is 1. The van der Waals surface area contributed by atoms with Crippen molar-refractivity contribution < 1.29 is 0 Å². The van der Waals surface area contributed by atoms with E-state index >= 15 is 0 Å². The summed E-state index contributed by atoms with van der Waals surface area (Å²) >= 11 is 9.44. The molecule has 14 heavy (non-hydrogen) atoms. The summed E-state index contributed by atoms with van der Waals surface area (Å²) < 4.78 is 1.11. The fraction of sp³-hybridized carbons (Fsp3) is 0.455. The Bertz CT molecular complexity index is 312. The van der Waals surface area contributed by atoms with Crippen LogP contribution in [0, 0.1) is 5.92 Å². The highest BCUT2D eigenvalue weighted by molar-refractivity contribution is 9.10. The fourth-order valence-corrected chi connectivity index (χ4v) is 1.84. The number of rotatable bonds is 3. The first-order chi connectivity index (χ1) is 6.50. The van der Waals surface area contributed by atoms with Gasteiger partial charge in [-0.05, 0) is 43.0 Å². The molecule has 0 radical (unpaired) electrons. The Kier molecular flexibility index (Phi) is 4.42. The smallest absolute Gasteiger partial charge is 0.0409 e. The van der Waals surface area contributed by atoms with Crippen LogP contribution in [0.15, 0.2) is 22.7 Å². The molecule has 1 nitrogen and oxygen atoms in total. The van der Waals surface area contributed by atoms with Crippen LogP contribution in [0.25, 0.3) is 0 Å². The van der Waals surface area contributed by atoms with E-state index in [-0.39, 0.29) is 6.04 Å². The summed E-state index contributed by atoms with van der Waals surface area (Å²) in [5, 5.41) is 0.778. The SMILES string of the molecule is CC(N)C(C)Cc1cc(Cl)ccc1Br. The Balaban J connectivity index is 2.80. The zero-order chi connectivity index (χ0) is 10.7. The summed E-state index contributed by atoms with van der Waals surface area (Å²) in [7, 11) is 0. The van der Waals surface area contributed by atoms with Gasteiger partial charge in [-0.1, -0.05) is 34.5 Å². The van der Waals surface area contributed by atoms with E-state index in [2.05, 4.69) is 22.9 Å². The highest BCUT2D eigenvalue weighted by Crippen LogP contribution is 2.24. The molecular formula is C11H15BrClN. The normalized spacial score (nSPS) is 15.2. The van der Waals surface area contributed by atoms with E-state index < -0.39 is 0 Å². The number of hydrogen-bond donors (Lipinski definition) is 1. The fourth-order valence-electron chi connectivity index (χ4n) is 1.23. The van der Waals surface area contributed by atoms with E-state index in [1.54, 1.807) is 0 Å². The van der Waals surface area contributed by atoms with Gasteiger partial charge in [0.05, 0.1) is 0 Å². The van der Waals surface area contributed by atoms with Crippen molar-refractivity contribution in [3.63, 3.8) is 0 Å². The zero-order valence-corrected chi connectivity index (χ0v) is 10.8. The molecule has 0 aromatic heterocycles. The van der Waals surface area contributed by atoms with E-state index in [1.165, 1.54) is 5.56 Å². The molecule has 2 unspecified atom stereocenters. The van der Waals surface area contributed by atoms with Gasteiger partial charge in [0.2, 0.25) is 0 Å². The van der Waals surface area contributed by atoms with Gasteiger partial charge < -0.3 is 5.73 Å². The largest absolute Gasteiger partial charge is 0.328 e. The van der Waals surface area contributed by atoms with Crippen LogP contribution in [-0.2, 0) is 6.42 Å². The lowest BCUT2D eigenvalue weighted by Gasteiger charge is -2.16. The van der Waals surface area contributed by atoms with Crippen molar-refractivity contribution in [2.75, 3.05) is 0 Å². The van der Waals surface area contributed by atoms with Crippen molar-refractivity contribution in [1.82, 2.24) is 0 Å². The maximum absolute atomic E-state index is 5.93. The van der Waals surface area contributed by atoms with Crippen LogP contribution in [0.3, 0.4) is 0 Å². The van der Waals surface area contributed by atoms with Crippen LogP contribution in [0.2, 0.25) is 5.02 Å². The molecule has 3 heteroatoms. The summed E-state index contributed by atoms with van der Waals surface area (Å²) in [4.78, 5) is 0. The Morgan fingerprint density at radius 2 is 2.07 bits per heavy atom. The van der Waals surface area contributed by atoms with Crippen molar-refractivity contribution in [3.8, 4) is 0 Å². The Labute approximate surface area is 98.8 Å². The minimum Gasteiger partial charge on any atom is -0.328 e. The molecule has 0 saturated carbocycles. The Hall–Kier alpha value is -0.0500. The molecule has 1 rings (SSSR count). The van der Waals surface area contributed by atoms with Gasteiger partial charge in [-0.15, -0.1) is 0 Å². The second-order valence-corrected chi connectivity index (χ2v) is 5.07. The average molecular weight is 277 g/mol. The molecule has 0 aliphatic rings. The van der Waals surface area contributed by atoms with Gasteiger partial charge in [-0.3, -0.25) is 0 Å². The van der Waals surface area contributed by atoms with Gasteiger partial charge in [-0.2, -0.15) is 0 Å². The number of hydrogen-bond acceptors (Lipinski definition) is 1. The standard InChI is InChI=1S/C11H15BrClN/c1-7(8(2)14)5-9-6-10(13)3-4-11(9)12/h3-4,6-8H,5,14H2,1-2H3. The maximum Gasteiger partial charge on any atom is 0.0409 e. The third kappa shape index (κ3) is 3.26. The predicted octanol–water partition coefficient (Wildman–Crippen LogP) is 3.63. The molecule has 0 saturated heterocycles. The minimum absolute atomic E-state index is 0.209. The first-order valence-corrected chi connectivity index (χ1v) is 5.87. The molecule has 1 aromatic rings. The lowest BCUT2D eigenvalue weighted by atomic mass is 9.96. The minimum atomic E-state index is 0.209. The second-order valence-electron chi connectivity index (χ2n) is 3.78. The van der Waals surface area contributed by atoms with Gasteiger partial charge in [0, 0.05) is 15.5 Å². The van der Waals surface area contributed by atoms with Crippen LogP contribution >= 0.6 is 27.5 Å². The summed E-state index contributed by atoms with van der Waals surface area (Å²) in [6.45, 7) is 4.18. The van der Waals surface area contributed by atoms with E-state index in [0.717, 1.165) is 15.9 Å². The van der Waals surface area contributed by atoms with E-state index in [0.29, 0.717) is 5.92 Å².